The van der Waals surface area contributed by atoms with E-state index in [1.54, 1.807) is 18.9 Å². The van der Waals surface area contributed by atoms with Crippen LogP contribution in [0.2, 0.25) is 0 Å². The number of ether oxygens (including phenoxy) is 1. The summed E-state index contributed by atoms with van der Waals surface area (Å²) in [6.07, 6.45) is 4.91. The lowest BCUT2D eigenvalue weighted by molar-refractivity contribution is -0.116. The van der Waals surface area contributed by atoms with E-state index in [4.69, 9.17) is 4.74 Å². The van der Waals surface area contributed by atoms with Gasteiger partial charge in [0, 0.05) is 17.8 Å². The number of nitrogens with zero attached hydrogens (tertiary/aromatic N) is 1. The minimum atomic E-state index is -0.0744. The summed E-state index contributed by atoms with van der Waals surface area (Å²) < 4.78 is 5.21. The van der Waals surface area contributed by atoms with Crippen molar-refractivity contribution in [1.82, 2.24) is 0 Å². The molecule has 1 N–H and O–H groups in total. The Morgan fingerprint density at radius 2 is 1.83 bits per heavy atom. The van der Waals surface area contributed by atoms with Crippen LogP contribution in [0.15, 0.2) is 48.5 Å². The molecule has 29 heavy (non-hydrogen) atoms. The molecule has 0 bridgehead atoms. The van der Waals surface area contributed by atoms with E-state index in [1.807, 2.05) is 53.4 Å². The summed E-state index contributed by atoms with van der Waals surface area (Å²) in [4.78, 5) is 26.4. The average Bonchev–Trinajstić information content (AvgIpc) is 3.13. The molecule has 1 saturated heterocycles. The van der Waals surface area contributed by atoms with E-state index in [2.05, 4.69) is 12.2 Å². The maximum Gasteiger partial charge on any atom is 0.238 e. The molecule has 3 rings (SSSR count). The summed E-state index contributed by atoms with van der Waals surface area (Å²) in [6, 6.07) is 15.3. The Morgan fingerprint density at radius 1 is 1.10 bits per heavy atom. The predicted octanol–water partition coefficient (Wildman–Crippen LogP) is 5.38. The Bertz CT molecular complexity index is 821. The molecular weight excluding hydrogens is 384 g/mol. The van der Waals surface area contributed by atoms with Crippen LogP contribution in [0.1, 0.15) is 50.0 Å². The number of benzene rings is 2. The number of thioether (sulfide) groups is 1. The SMILES string of the molecule is CCCCCCC(=O)Nc1ccc([C@@H]2SCC(=O)N2c2ccc(OC)cc2)cc1. The Balaban J connectivity index is 1.64. The van der Waals surface area contributed by atoms with Crippen LogP contribution in [0.3, 0.4) is 0 Å². The molecule has 0 unspecified atom stereocenters. The molecule has 2 aromatic rings. The van der Waals surface area contributed by atoms with E-state index in [0.29, 0.717) is 12.2 Å². The third kappa shape index (κ3) is 5.54. The molecule has 1 atom stereocenters. The molecule has 0 saturated carbocycles. The minimum absolute atomic E-state index is 0.0548. The molecule has 1 fully saturated rings. The summed E-state index contributed by atoms with van der Waals surface area (Å²) in [5, 5.41) is 2.89. The van der Waals surface area contributed by atoms with Gasteiger partial charge in [-0.2, -0.15) is 0 Å². The summed E-state index contributed by atoms with van der Waals surface area (Å²) in [5.41, 5.74) is 2.69. The van der Waals surface area contributed by atoms with Gasteiger partial charge >= 0.3 is 0 Å². The fraction of sp³-hybridized carbons (Fsp3) is 0.391. The highest BCUT2D eigenvalue weighted by atomic mass is 32.2. The zero-order valence-corrected chi connectivity index (χ0v) is 17.8. The van der Waals surface area contributed by atoms with Crippen LogP contribution >= 0.6 is 11.8 Å². The van der Waals surface area contributed by atoms with E-state index in [0.717, 1.165) is 42.0 Å². The zero-order chi connectivity index (χ0) is 20.6. The highest BCUT2D eigenvalue weighted by Crippen LogP contribution is 2.42. The second-order valence-corrected chi connectivity index (χ2v) is 8.17. The second-order valence-electron chi connectivity index (χ2n) is 7.11. The number of unbranched alkanes of at least 4 members (excludes halogenated alkanes) is 3. The van der Waals surface area contributed by atoms with Crippen molar-refractivity contribution in [3.8, 4) is 5.75 Å². The van der Waals surface area contributed by atoms with Gasteiger partial charge < -0.3 is 10.1 Å². The highest BCUT2D eigenvalue weighted by Gasteiger charge is 2.34. The van der Waals surface area contributed by atoms with E-state index >= 15 is 0 Å². The molecule has 6 heteroatoms. The lowest BCUT2D eigenvalue weighted by Crippen LogP contribution is -2.27. The Labute approximate surface area is 176 Å². The van der Waals surface area contributed by atoms with Crippen LogP contribution < -0.4 is 15.0 Å². The van der Waals surface area contributed by atoms with Crippen molar-refractivity contribution < 1.29 is 14.3 Å². The zero-order valence-electron chi connectivity index (χ0n) is 17.0. The first-order valence-corrected chi connectivity index (χ1v) is 11.1. The molecular formula is C23H28N2O3S. The molecule has 0 aliphatic carbocycles. The molecule has 1 aliphatic rings. The minimum Gasteiger partial charge on any atom is -0.497 e. The van der Waals surface area contributed by atoms with Crippen LogP contribution in [0.5, 0.6) is 5.75 Å². The number of carbonyl (C=O) groups is 2. The lowest BCUT2D eigenvalue weighted by Gasteiger charge is -2.24. The van der Waals surface area contributed by atoms with Gasteiger partial charge in [0.15, 0.2) is 0 Å². The largest absolute Gasteiger partial charge is 0.497 e. The van der Waals surface area contributed by atoms with E-state index in [9.17, 15) is 9.59 Å². The van der Waals surface area contributed by atoms with Gasteiger partial charge in [0.25, 0.3) is 0 Å². The third-order valence-corrected chi connectivity index (χ3v) is 6.17. The topological polar surface area (TPSA) is 58.6 Å². The van der Waals surface area contributed by atoms with Crippen molar-refractivity contribution in [1.29, 1.82) is 0 Å². The fourth-order valence-corrected chi connectivity index (χ4v) is 4.54. The third-order valence-electron chi connectivity index (χ3n) is 4.96. The summed E-state index contributed by atoms with van der Waals surface area (Å²) in [5.74, 6) is 1.36. The van der Waals surface area contributed by atoms with Crippen LogP contribution in [0, 0.1) is 0 Å². The van der Waals surface area contributed by atoms with Gasteiger partial charge in [-0.1, -0.05) is 38.3 Å². The van der Waals surface area contributed by atoms with Crippen molar-refractivity contribution in [2.75, 3.05) is 23.1 Å². The lowest BCUT2D eigenvalue weighted by atomic mass is 10.1. The first kappa shape index (κ1) is 21.2. The number of hydrogen-bond donors (Lipinski definition) is 1. The second kappa shape index (κ2) is 10.3. The van der Waals surface area contributed by atoms with Gasteiger partial charge in [-0.25, -0.2) is 0 Å². The molecule has 5 nitrogen and oxygen atoms in total. The molecule has 154 valence electrons. The smallest absolute Gasteiger partial charge is 0.238 e. The first-order chi connectivity index (χ1) is 14.1. The van der Waals surface area contributed by atoms with Crippen LogP contribution in [0.25, 0.3) is 0 Å². The summed E-state index contributed by atoms with van der Waals surface area (Å²) >= 11 is 1.61. The van der Waals surface area contributed by atoms with Crippen molar-refractivity contribution in [2.24, 2.45) is 0 Å². The molecule has 1 heterocycles. The number of anilines is 2. The fourth-order valence-electron chi connectivity index (χ4n) is 3.36. The molecule has 0 spiro atoms. The standard InChI is InChI=1S/C23H28N2O3S/c1-3-4-5-6-7-21(26)24-18-10-8-17(9-11-18)23-25(22(27)16-29-23)19-12-14-20(28-2)15-13-19/h8-15,23H,3-7,16H2,1-2H3,(H,24,26)/t23-/m0/s1. The highest BCUT2D eigenvalue weighted by molar-refractivity contribution is 8.00. The number of nitrogens with one attached hydrogen (secondary N) is 1. The van der Waals surface area contributed by atoms with Crippen LogP contribution in [-0.4, -0.2) is 24.7 Å². The molecule has 1 aliphatic heterocycles. The van der Waals surface area contributed by atoms with Crippen LogP contribution in [-0.2, 0) is 9.59 Å². The first-order valence-electron chi connectivity index (χ1n) is 10.1. The summed E-state index contributed by atoms with van der Waals surface area (Å²) in [6.45, 7) is 2.16. The molecule has 0 radical (unpaired) electrons. The normalized spacial score (nSPS) is 16.1. The van der Waals surface area contributed by atoms with E-state index in [1.165, 1.54) is 6.42 Å². The van der Waals surface area contributed by atoms with Gasteiger partial charge in [-0.05, 0) is 48.4 Å². The number of amides is 2. The number of rotatable bonds is 9. The molecule has 2 amide bonds. The predicted molar refractivity (Wildman–Crippen MR) is 120 cm³/mol. The van der Waals surface area contributed by atoms with Gasteiger partial charge in [-0.15, -0.1) is 11.8 Å². The monoisotopic (exact) mass is 412 g/mol. The average molecular weight is 413 g/mol. The maximum atomic E-state index is 12.5. The maximum absolute atomic E-state index is 12.5. The van der Waals surface area contributed by atoms with Gasteiger partial charge in [-0.3, -0.25) is 14.5 Å². The van der Waals surface area contributed by atoms with Gasteiger partial charge in [0.2, 0.25) is 11.8 Å². The molecule has 2 aromatic carbocycles. The van der Waals surface area contributed by atoms with Crippen molar-refractivity contribution in [3.05, 3.63) is 54.1 Å². The van der Waals surface area contributed by atoms with Gasteiger partial charge in [0.1, 0.15) is 11.1 Å². The van der Waals surface area contributed by atoms with Crippen molar-refractivity contribution in [3.63, 3.8) is 0 Å². The van der Waals surface area contributed by atoms with E-state index in [-0.39, 0.29) is 17.2 Å². The Morgan fingerprint density at radius 3 is 2.48 bits per heavy atom. The Kier molecular flexibility index (Phi) is 7.58. The molecule has 0 aromatic heterocycles. The Hall–Kier alpha value is -2.47. The van der Waals surface area contributed by atoms with E-state index < -0.39 is 0 Å². The van der Waals surface area contributed by atoms with Crippen molar-refractivity contribution in [2.45, 2.75) is 44.4 Å². The number of methoxy groups -OCH3 is 1. The van der Waals surface area contributed by atoms with Crippen molar-refractivity contribution >= 4 is 35.0 Å². The number of hydrogen-bond acceptors (Lipinski definition) is 4. The quantitative estimate of drug-likeness (QED) is 0.562. The number of carbonyl (C=O) groups excluding carboxylic acids is 2. The van der Waals surface area contributed by atoms with Gasteiger partial charge in [0.05, 0.1) is 12.9 Å². The van der Waals surface area contributed by atoms with Crippen LogP contribution in [0.4, 0.5) is 11.4 Å². The summed E-state index contributed by atoms with van der Waals surface area (Å²) in [7, 11) is 1.63.